The second kappa shape index (κ2) is 8.97. The second-order valence-corrected chi connectivity index (χ2v) is 7.17. The number of pyridine rings is 1. The number of aromatic nitrogens is 1. The van der Waals surface area contributed by atoms with Crippen molar-refractivity contribution in [1.82, 2.24) is 9.88 Å². The van der Waals surface area contributed by atoms with Crippen molar-refractivity contribution in [3.05, 3.63) is 35.7 Å². The maximum Gasteiger partial charge on any atom is 0.433 e. The van der Waals surface area contributed by atoms with Gasteiger partial charge in [-0.3, -0.25) is 9.69 Å². The topological polar surface area (TPSA) is 42.4 Å². The van der Waals surface area contributed by atoms with Gasteiger partial charge in [-0.2, -0.15) is 13.2 Å². The van der Waals surface area contributed by atoms with Crippen molar-refractivity contribution in [2.24, 2.45) is 5.92 Å². The lowest BCUT2D eigenvalue weighted by Crippen LogP contribution is -2.31. The first-order valence-corrected chi connectivity index (χ1v) is 9.50. The standard InChI is InChI=1S/C20H25F3N2O2/c21-20(22,23)19-7-1-5-17(24-19)15-8-11-25(12-9-15)10-2-6-18(26)16-4-3-13-27-14-16/h1,5,7-8,16H,2-4,6,9-14H2. The van der Waals surface area contributed by atoms with E-state index in [9.17, 15) is 18.0 Å². The lowest BCUT2D eigenvalue weighted by Gasteiger charge is -2.26. The fourth-order valence-corrected chi connectivity index (χ4v) is 3.59. The molecule has 27 heavy (non-hydrogen) atoms. The Hall–Kier alpha value is -1.73. The van der Waals surface area contributed by atoms with Crippen LogP contribution in [-0.4, -0.2) is 48.5 Å². The van der Waals surface area contributed by atoms with Gasteiger partial charge in [-0.25, -0.2) is 4.98 Å². The molecule has 0 bridgehead atoms. The maximum absolute atomic E-state index is 12.8. The zero-order chi connectivity index (χ0) is 19.3. The molecule has 4 nitrogen and oxygen atoms in total. The van der Waals surface area contributed by atoms with Crippen LogP contribution in [0.4, 0.5) is 13.2 Å². The number of carbonyl (C=O) groups is 1. The molecule has 148 valence electrons. The fourth-order valence-electron chi connectivity index (χ4n) is 3.59. The third-order valence-corrected chi connectivity index (χ3v) is 5.17. The summed E-state index contributed by atoms with van der Waals surface area (Å²) in [7, 11) is 0. The Kier molecular flexibility index (Phi) is 6.65. The first-order valence-electron chi connectivity index (χ1n) is 9.50. The highest BCUT2D eigenvalue weighted by Gasteiger charge is 2.32. The summed E-state index contributed by atoms with van der Waals surface area (Å²) >= 11 is 0. The molecule has 1 atom stereocenters. The van der Waals surface area contributed by atoms with Gasteiger partial charge in [0.2, 0.25) is 0 Å². The number of Topliss-reactive ketones (excluding diaryl/α,β-unsaturated/α-hetero) is 1. The van der Waals surface area contributed by atoms with Gasteiger partial charge in [0.1, 0.15) is 11.5 Å². The summed E-state index contributed by atoms with van der Waals surface area (Å²) in [6.45, 7) is 3.57. The highest BCUT2D eigenvalue weighted by molar-refractivity contribution is 5.81. The summed E-state index contributed by atoms with van der Waals surface area (Å²) < 4.78 is 43.8. The van der Waals surface area contributed by atoms with Crippen molar-refractivity contribution in [1.29, 1.82) is 0 Å². The number of rotatable bonds is 6. The lowest BCUT2D eigenvalue weighted by molar-refractivity contribution is -0.141. The molecule has 1 aromatic rings. The van der Waals surface area contributed by atoms with Crippen LogP contribution >= 0.6 is 0 Å². The van der Waals surface area contributed by atoms with E-state index in [1.807, 2.05) is 6.08 Å². The van der Waals surface area contributed by atoms with Gasteiger partial charge < -0.3 is 4.74 Å². The molecule has 2 aliphatic rings. The molecule has 0 spiro atoms. The predicted octanol–water partition coefficient (Wildman–Crippen LogP) is 3.97. The molecule has 7 heteroatoms. The zero-order valence-corrected chi connectivity index (χ0v) is 15.3. The van der Waals surface area contributed by atoms with E-state index in [4.69, 9.17) is 4.74 Å². The molecule has 1 fully saturated rings. The minimum Gasteiger partial charge on any atom is -0.381 e. The lowest BCUT2D eigenvalue weighted by atomic mass is 9.94. The van der Waals surface area contributed by atoms with Crippen LogP contribution in [0.5, 0.6) is 0 Å². The molecule has 3 heterocycles. The first kappa shape index (κ1) is 20.0. The molecule has 3 rings (SSSR count). The summed E-state index contributed by atoms with van der Waals surface area (Å²) in [5.41, 5.74) is 0.401. The summed E-state index contributed by atoms with van der Waals surface area (Å²) in [5.74, 6) is 0.342. The SMILES string of the molecule is O=C(CCCN1CC=C(c2cccc(C(F)(F)F)n2)CC1)C1CCCOC1. The van der Waals surface area contributed by atoms with E-state index >= 15 is 0 Å². The molecule has 0 aromatic carbocycles. The Balaban J connectivity index is 1.46. The van der Waals surface area contributed by atoms with Crippen LogP contribution in [0.1, 0.15) is 43.5 Å². The second-order valence-electron chi connectivity index (χ2n) is 7.17. The van der Waals surface area contributed by atoms with Crippen molar-refractivity contribution in [3.8, 4) is 0 Å². The van der Waals surface area contributed by atoms with Crippen molar-refractivity contribution in [2.45, 2.75) is 38.3 Å². The maximum atomic E-state index is 12.8. The normalized spacial score (nSPS) is 21.7. The van der Waals surface area contributed by atoms with Crippen LogP contribution in [-0.2, 0) is 15.7 Å². The van der Waals surface area contributed by atoms with Gasteiger partial charge in [0.25, 0.3) is 0 Å². The fraction of sp³-hybridized carbons (Fsp3) is 0.600. The smallest absolute Gasteiger partial charge is 0.381 e. The number of ether oxygens (including phenoxy) is 1. The summed E-state index contributed by atoms with van der Waals surface area (Å²) in [6.07, 6.45) is 1.45. The molecule has 0 saturated carbocycles. The molecule has 2 aliphatic heterocycles. The van der Waals surface area contributed by atoms with Crippen molar-refractivity contribution < 1.29 is 22.7 Å². The Bertz CT molecular complexity index is 682. The van der Waals surface area contributed by atoms with Gasteiger partial charge in [-0.15, -0.1) is 0 Å². The average molecular weight is 382 g/mol. The van der Waals surface area contributed by atoms with Crippen LogP contribution < -0.4 is 0 Å². The third-order valence-electron chi connectivity index (χ3n) is 5.17. The number of nitrogens with zero attached hydrogens (tertiary/aromatic N) is 2. The molecule has 0 aliphatic carbocycles. The van der Waals surface area contributed by atoms with E-state index in [2.05, 4.69) is 9.88 Å². The van der Waals surface area contributed by atoms with Crippen molar-refractivity contribution in [2.75, 3.05) is 32.8 Å². The largest absolute Gasteiger partial charge is 0.433 e. The molecule has 0 radical (unpaired) electrons. The first-order chi connectivity index (χ1) is 12.9. The molecular weight excluding hydrogens is 357 g/mol. The number of alkyl halides is 3. The van der Waals surface area contributed by atoms with Crippen LogP contribution in [0, 0.1) is 5.92 Å². The van der Waals surface area contributed by atoms with Gasteiger partial charge in [0, 0.05) is 32.0 Å². The van der Waals surface area contributed by atoms with Gasteiger partial charge in [0.15, 0.2) is 0 Å². The van der Waals surface area contributed by atoms with Crippen molar-refractivity contribution >= 4 is 11.4 Å². The predicted molar refractivity (Wildman–Crippen MR) is 96.1 cm³/mol. The summed E-state index contributed by atoms with van der Waals surface area (Å²) in [6, 6.07) is 4.02. The van der Waals surface area contributed by atoms with Crippen LogP contribution in [0.2, 0.25) is 0 Å². The Labute approximate surface area is 157 Å². The number of carbonyl (C=O) groups excluding carboxylic acids is 1. The van der Waals surface area contributed by atoms with Gasteiger partial charge in [-0.1, -0.05) is 12.1 Å². The minimum atomic E-state index is -4.42. The summed E-state index contributed by atoms with van der Waals surface area (Å²) in [4.78, 5) is 18.2. The Morgan fingerprint density at radius 1 is 1.33 bits per heavy atom. The van der Waals surface area contributed by atoms with E-state index in [-0.39, 0.29) is 11.7 Å². The van der Waals surface area contributed by atoms with E-state index < -0.39 is 11.9 Å². The minimum absolute atomic E-state index is 0.0542. The summed E-state index contributed by atoms with van der Waals surface area (Å²) in [5, 5.41) is 0. The van der Waals surface area contributed by atoms with Gasteiger partial charge in [-0.05, 0) is 49.9 Å². The number of hydrogen-bond acceptors (Lipinski definition) is 4. The van der Waals surface area contributed by atoms with Crippen LogP contribution in [0.25, 0.3) is 5.57 Å². The third kappa shape index (κ3) is 5.62. The van der Waals surface area contributed by atoms with E-state index in [1.165, 1.54) is 6.07 Å². The molecule has 1 aromatic heterocycles. The number of ketones is 1. The molecule has 1 saturated heterocycles. The van der Waals surface area contributed by atoms with E-state index in [0.717, 1.165) is 50.6 Å². The Morgan fingerprint density at radius 2 is 2.19 bits per heavy atom. The molecule has 0 N–H and O–H groups in total. The van der Waals surface area contributed by atoms with Gasteiger partial charge >= 0.3 is 6.18 Å². The average Bonchev–Trinajstić information content (AvgIpc) is 2.68. The van der Waals surface area contributed by atoms with Crippen LogP contribution in [0.3, 0.4) is 0 Å². The van der Waals surface area contributed by atoms with Gasteiger partial charge in [0.05, 0.1) is 12.3 Å². The van der Waals surface area contributed by atoms with Crippen LogP contribution in [0.15, 0.2) is 24.3 Å². The molecule has 1 unspecified atom stereocenters. The van der Waals surface area contributed by atoms with E-state index in [1.54, 1.807) is 6.07 Å². The molecular formula is C20H25F3N2O2. The highest BCUT2D eigenvalue weighted by atomic mass is 19.4. The highest BCUT2D eigenvalue weighted by Crippen LogP contribution is 2.29. The number of halogens is 3. The quantitative estimate of drug-likeness (QED) is 0.747. The van der Waals surface area contributed by atoms with Crippen molar-refractivity contribution in [3.63, 3.8) is 0 Å². The monoisotopic (exact) mass is 382 g/mol. The molecule has 0 amide bonds. The van der Waals surface area contributed by atoms with E-state index in [0.29, 0.717) is 31.7 Å². The Morgan fingerprint density at radius 3 is 2.85 bits per heavy atom. The number of hydrogen-bond donors (Lipinski definition) is 0. The zero-order valence-electron chi connectivity index (χ0n) is 15.3.